The standard InChI is InChI=1S/C17H28N4O/c1-15(12-18)19(2)17(22)14-21-10-8-20(9-11-21)13-16-6-4-3-5-7-16/h3-7,15H,8-14,18H2,1-2H3. The van der Waals surface area contributed by atoms with Gasteiger partial charge in [-0.15, -0.1) is 0 Å². The van der Waals surface area contributed by atoms with Crippen LogP contribution in [0.4, 0.5) is 0 Å². The number of piperazine rings is 1. The van der Waals surface area contributed by atoms with Crippen molar-refractivity contribution in [1.82, 2.24) is 14.7 Å². The molecule has 2 N–H and O–H groups in total. The fourth-order valence-corrected chi connectivity index (χ4v) is 2.65. The Balaban J connectivity index is 1.74. The van der Waals surface area contributed by atoms with E-state index in [2.05, 4.69) is 34.1 Å². The minimum atomic E-state index is 0.104. The maximum Gasteiger partial charge on any atom is 0.236 e. The molecular formula is C17H28N4O. The van der Waals surface area contributed by atoms with Gasteiger partial charge >= 0.3 is 0 Å². The molecule has 1 saturated heterocycles. The van der Waals surface area contributed by atoms with Gasteiger partial charge in [0, 0.05) is 52.4 Å². The lowest BCUT2D eigenvalue weighted by molar-refractivity contribution is -0.133. The van der Waals surface area contributed by atoms with Crippen LogP contribution in [0.3, 0.4) is 0 Å². The summed E-state index contributed by atoms with van der Waals surface area (Å²) in [5, 5.41) is 0. The lowest BCUT2D eigenvalue weighted by atomic mass is 10.2. The van der Waals surface area contributed by atoms with Gasteiger partial charge in [0.15, 0.2) is 0 Å². The monoisotopic (exact) mass is 304 g/mol. The Morgan fingerprint density at radius 3 is 2.36 bits per heavy atom. The van der Waals surface area contributed by atoms with Crippen molar-refractivity contribution in [2.45, 2.75) is 19.5 Å². The molecule has 1 aliphatic heterocycles. The fraction of sp³-hybridized carbons (Fsp3) is 0.588. The first-order valence-electron chi connectivity index (χ1n) is 8.04. The second-order valence-corrected chi connectivity index (χ2v) is 6.13. The van der Waals surface area contributed by atoms with Crippen LogP contribution in [-0.2, 0) is 11.3 Å². The molecule has 0 aromatic heterocycles. The molecule has 1 heterocycles. The number of nitrogens with two attached hydrogens (primary N) is 1. The smallest absolute Gasteiger partial charge is 0.236 e. The molecule has 1 fully saturated rings. The van der Waals surface area contributed by atoms with E-state index in [0.29, 0.717) is 13.1 Å². The fourth-order valence-electron chi connectivity index (χ4n) is 2.65. The average Bonchev–Trinajstić information content (AvgIpc) is 2.56. The molecule has 5 nitrogen and oxygen atoms in total. The largest absolute Gasteiger partial charge is 0.341 e. The van der Waals surface area contributed by atoms with E-state index in [1.54, 1.807) is 4.90 Å². The number of amides is 1. The predicted molar refractivity (Wildman–Crippen MR) is 89.4 cm³/mol. The van der Waals surface area contributed by atoms with Crippen molar-refractivity contribution in [3.8, 4) is 0 Å². The van der Waals surface area contributed by atoms with Crippen molar-refractivity contribution in [3.63, 3.8) is 0 Å². The third-order valence-electron chi connectivity index (χ3n) is 4.47. The molecule has 0 bridgehead atoms. The number of benzene rings is 1. The highest BCUT2D eigenvalue weighted by molar-refractivity contribution is 5.78. The summed E-state index contributed by atoms with van der Waals surface area (Å²) < 4.78 is 0. The van der Waals surface area contributed by atoms with Gasteiger partial charge in [-0.3, -0.25) is 14.6 Å². The quantitative estimate of drug-likeness (QED) is 0.837. The number of rotatable bonds is 6. The minimum absolute atomic E-state index is 0.104. The van der Waals surface area contributed by atoms with E-state index in [1.165, 1.54) is 5.56 Å². The van der Waals surface area contributed by atoms with Crippen LogP contribution in [0.15, 0.2) is 30.3 Å². The molecule has 2 rings (SSSR count). The molecule has 5 heteroatoms. The van der Waals surface area contributed by atoms with E-state index >= 15 is 0 Å². The molecule has 1 amide bonds. The molecule has 0 spiro atoms. The maximum absolute atomic E-state index is 12.2. The van der Waals surface area contributed by atoms with Crippen LogP contribution in [0.5, 0.6) is 0 Å². The van der Waals surface area contributed by atoms with Crippen LogP contribution in [0.25, 0.3) is 0 Å². The zero-order valence-electron chi connectivity index (χ0n) is 13.7. The summed E-state index contributed by atoms with van der Waals surface area (Å²) in [6.07, 6.45) is 0. The Morgan fingerprint density at radius 2 is 1.77 bits per heavy atom. The first-order valence-corrected chi connectivity index (χ1v) is 8.04. The molecular weight excluding hydrogens is 276 g/mol. The van der Waals surface area contributed by atoms with Crippen LogP contribution < -0.4 is 5.73 Å². The highest BCUT2D eigenvalue weighted by atomic mass is 16.2. The van der Waals surface area contributed by atoms with Crippen molar-refractivity contribution in [2.24, 2.45) is 5.73 Å². The third-order valence-corrected chi connectivity index (χ3v) is 4.47. The first kappa shape index (κ1) is 16.9. The lowest BCUT2D eigenvalue weighted by Crippen LogP contribution is -2.51. The highest BCUT2D eigenvalue weighted by Gasteiger charge is 2.21. The molecule has 1 aromatic carbocycles. The zero-order chi connectivity index (χ0) is 15.9. The molecule has 1 aliphatic rings. The van der Waals surface area contributed by atoms with Crippen LogP contribution in [0.2, 0.25) is 0 Å². The molecule has 0 aliphatic carbocycles. The van der Waals surface area contributed by atoms with Gasteiger partial charge in [-0.2, -0.15) is 0 Å². The van der Waals surface area contributed by atoms with Gasteiger partial charge in [0.25, 0.3) is 0 Å². The third kappa shape index (κ3) is 4.80. The molecule has 1 unspecified atom stereocenters. The lowest BCUT2D eigenvalue weighted by Gasteiger charge is -2.35. The van der Waals surface area contributed by atoms with Crippen LogP contribution >= 0.6 is 0 Å². The molecule has 1 aromatic rings. The van der Waals surface area contributed by atoms with Gasteiger partial charge in [0.05, 0.1) is 6.54 Å². The van der Waals surface area contributed by atoms with Crippen molar-refractivity contribution >= 4 is 5.91 Å². The van der Waals surface area contributed by atoms with Gasteiger partial charge in [-0.1, -0.05) is 30.3 Å². The minimum Gasteiger partial charge on any atom is -0.341 e. The van der Waals surface area contributed by atoms with E-state index in [9.17, 15) is 4.79 Å². The summed E-state index contributed by atoms with van der Waals surface area (Å²) in [5.74, 6) is 0.162. The Morgan fingerprint density at radius 1 is 1.18 bits per heavy atom. The summed E-state index contributed by atoms with van der Waals surface area (Å²) in [5.41, 5.74) is 6.97. The summed E-state index contributed by atoms with van der Waals surface area (Å²) in [4.78, 5) is 18.6. The highest BCUT2D eigenvalue weighted by Crippen LogP contribution is 2.08. The predicted octanol–water partition coefficient (Wildman–Crippen LogP) is 0.610. The van der Waals surface area contributed by atoms with E-state index in [1.807, 2.05) is 20.0 Å². The van der Waals surface area contributed by atoms with E-state index in [4.69, 9.17) is 5.73 Å². The zero-order valence-corrected chi connectivity index (χ0v) is 13.7. The first-order chi connectivity index (χ1) is 10.6. The molecule has 1 atom stereocenters. The summed E-state index contributed by atoms with van der Waals surface area (Å²) in [7, 11) is 1.84. The van der Waals surface area contributed by atoms with Gasteiger partial charge in [-0.05, 0) is 12.5 Å². The topological polar surface area (TPSA) is 52.8 Å². The number of hydrogen-bond donors (Lipinski definition) is 1. The average molecular weight is 304 g/mol. The number of carbonyl (C=O) groups excluding carboxylic acids is 1. The molecule has 22 heavy (non-hydrogen) atoms. The summed E-state index contributed by atoms with van der Waals surface area (Å²) in [6.45, 7) is 7.90. The van der Waals surface area contributed by atoms with E-state index in [-0.39, 0.29) is 11.9 Å². The van der Waals surface area contributed by atoms with Gasteiger partial charge in [-0.25, -0.2) is 0 Å². The van der Waals surface area contributed by atoms with Crippen LogP contribution in [0.1, 0.15) is 12.5 Å². The second-order valence-electron chi connectivity index (χ2n) is 6.13. The Hall–Kier alpha value is -1.43. The SMILES string of the molecule is CC(CN)N(C)C(=O)CN1CCN(Cc2ccccc2)CC1. The Labute approximate surface area is 133 Å². The van der Waals surface area contributed by atoms with E-state index < -0.39 is 0 Å². The van der Waals surface area contributed by atoms with Crippen molar-refractivity contribution in [3.05, 3.63) is 35.9 Å². The summed E-state index contributed by atoms with van der Waals surface area (Å²) in [6, 6.07) is 10.6. The molecule has 0 saturated carbocycles. The van der Waals surface area contributed by atoms with Crippen LogP contribution in [0, 0.1) is 0 Å². The number of likely N-dealkylation sites (N-methyl/N-ethyl adjacent to an activating group) is 1. The normalized spacial score (nSPS) is 18.1. The molecule has 122 valence electrons. The van der Waals surface area contributed by atoms with E-state index in [0.717, 1.165) is 32.7 Å². The number of carbonyl (C=O) groups is 1. The second kappa shape index (κ2) is 8.27. The van der Waals surface area contributed by atoms with Gasteiger partial charge < -0.3 is 10.6 Å². The Kier molecular flexibility index (Phi) is 6.36. The van der Waals surface area contributed by atoms with Crippen molar-refractivity contribution < 1.29 is 4.79 Å². The van der Waals surface area contributed by atoms with Crippen molar-refractivity contribution in [1.29, 1.82) is 0 Å². The van der Waals surface area contributed by atoms with Gasteiger partial charge in [0.2, 0.25) is 5.91 Å². The number of nitrogens with zero attached hydrogens (tertiary/aromatic N) is 3. The number of hydrogen-bond acceptors (Lipinski definition) is 4. The Bertz CT molecular complexity index is 457. The molecule has 0 radical (unpaired) electrons. The van der Waals surface area contributed by atoms with Crippen molar-refractivity contribution in [2.75, 3.05) is 46.3 Å². The van der Waals surface area contributed by atoms with Crippen LogP contribution in [-0.4, -0.2) is 73.0 Å². The van der Waals surface area contributed by atoms with Gasteiger partial charge in [0.1, 0.15) is 0 Å². The summed E-state index contributed by atoms with van der Waals surface area (Å²) >= 11 is 0. The maximum atomic E-state index is 12.2.